The highest BCUT2D eigenvalue weighted by atomic mass is 16.4. The van der Waals surface area contributed by atoms with Crippen molar-refractivity contribution in [2.45, 2.75) is 0 Å². The van der Waals surface area contributed by atoms with Gasteiger partial charge < -0.3 is 16.7 Å². The summed E-state index contributed by atoms with van der Waals surface area (Å²) in [6.07, 6.45) is 0. The molecular weight excluding hydrogens is 218 g/mol. The number of fused-ring (bicyclic) bond motifs is 1. The summed E-state index contributed by atoms with van der Waals surface area (Å²) in [4.78, 5) is 11.3. The largest absolute Gasteiger partial charge is 0.409 e. The van der Waals surface area contributed by atoms with E-state index >= 15 is 0 Å². The van der Waals surface area contributed by atoms with Crippen LogP contribution in [-0.2, 0) is 0 Å². The molecule has 0 heterocycles. The number of rotatable bonds is 2. The Balaban J connectivity index is 2.84. The number of amidine groups is 1. The number of carbonyl (C=O) groups excluding carboxylic acids is 1. The normalized spacial score (nSPS) is 11.6. The molecule has 5 N–H and O–H groups in total. The Morgan fingerprint density at radius 3 is 2.06 bits per heavy atom. The van der Waals surface area contributed by atoms with Gasteiger partial charge in [-0.2, -0.15) is 0 Å². The summed E-state index contributed by atoms with van der Waals surface area (Å²) in [6.45, 7) is 0. The van der Waals surface area contributed by atoms with Gasteiger partial charge in [-0.05, 0) is 22.9 Å². The summed E-state index contributed by atoms with van der Waals surface area (Å²) in [7, 11) is 0. The molecule has 0 bridgehead atoms. The Morgan fingerprint density at radius 1 is 1.00 bits per heavy atom. The molecule has 5 nitrogen and oxygen atoms in total. The Hall–Kier alpha value is -2.56. The number of hydrogen-bond acceptors (Lipinski definition) is 3. The molecule has 2 rings (SSSR count). The summed E-state index contributed by atoms with van der Waals surface area (Å²) < 4.78 is 0. The lowest BCUT2D eigenvalue weighted by Gasteiger charge is -2.07. The first kappa shape index (κ1) is 10.9. The van der Waals surface area contributed by atoms with Gasteiger partial charge in [0.1, 0.15) is 0 Å². The van der Waals surface area contributed by atoms with Crippen LogP contribution in [0.3, 0.4) is 0 Å². The van der Waals surface area contributed by atoms with Gasteiger partial charge in [0.05, 0.1) is 0 Å². The van der Waals surface area contributed by atoms with E-state index in [1.54, 1.807) is 36.4 Å². The van der Waals surface area contributed by atoms with Crippen LogP contribution in [0.25, 0.3) is 10.8 Å². The van der Waals surface area contributed by atoms with Gasteiger partial charge >= 0.3 is 0 Å². The minimum absolute atomic E-state index is 0.00257. The third kappa shape index (κ3) is 1.78. The lowest BCUT2D eigenvalue weighted by molar-refractivity contribution is 0.100. The number of hydrogen-bond donors (Lipinski definition) is 3. The molecule has 0 saturated heterocycles. The smallest absolute Gasteiger partial charge is 0.249 e. The summed E-state index contributed by atoms with van der Waals surface area (Å²) in [6, 6.07) is 10.3. The van der Waals surface area contributed by atoms with Gasteiger partial charge in [0.15, 0.2) is 5.84 Å². The van der Waals surface area contributed by atoms with Crippen LogP contribution in [0.4, 0.5) is 0 Å². The summed E-state index contributed by atoms with van der Waals surface area (Å²) >= 11 is 0. The molecule has 0 fully saturated rings. The predicted octanol–water partition coefficient (Wildman–Crippen LogP) is 1.03. The van der Waals surface area contributed by atoms with Crippen LogP contribution in [-0.4, -0.2) is 17.0 Å². The van der Waals surface area contributed by atoms with E-state index in [9.17, 15) is 4.79 Å². The van der Waals surface area contributed by atoms with Crippen molar-refractivity contribution in [3.63, 3.8) is 0 Å². The van der Waals surface area contributed by atoms with E-state index in [1.165, 1.54) is 0 Å². The van der Waals surface area contributed by atoms with Gasteiger partial charge in [-0.15, -0.1) is 0 Å². The topological polar surface area (TPSA) is 102 Å². The zero-order chi connectivity index (χ0) is 12.4. The zero-order valence-corrected chi connectivity index (χ0v) is 8.92. The average Bonchev–Trinajstić information content (AvgIpc) is 2.36. The van der Waals surface area contributed by atoms with Crippen molar-refractivity contribution in [2.24, 2.45) is 16.6 Å². The van der Waals surface area contributed by atoms with Gasteiger partial charge in [0, 0.05) is 11.1 Å². The monoisotopic (exact) mass is 229 g/mol. The van der Waals surface area contributed by atoms with E-state index in [-0.39, 0.29) is 5.84 Å². The second-order valence-electron chi connectivity index (χ2n) is 3.56. The first-order valence-electron chi connectivity index (χ1n) is 4.94. The second kappa shape index (κ2) is 4.13. The van der Waals surface area contributed by atoms with E-state index in [2.05, 4.69) is 5.16 Å². The quantitative estimate of drug-likeness (QED) is 0.310. The molecule has 0 saturated carbocycles. The van der Waals surface area contributed by atoms with Gasteiger partial charge in [-0.25, -0.2) is 0 Å². The van der Waals surface area contributed by atoms with E-state index in [4.69, 9.17) is 16.7 Å². The van der Waals surface area contributed by atoms with Gasteiger partial charge in [0.2, 0.25) is 5.91 Å². The lowest BCUT2D eigenvalue weighted by Crippen LogP contribution is -2.16. The van der Waals surface area contributed by atoms with Gasteiger partial charge in [0.25, 0.3) is 0 Å². The number of amides is 1. The summed E-state index contributed by atoms with van der Waals surface area (Å²) in [5, 5.41) is 13.1. The molecule has 86 valence electrons. The van der Waals surface area contributed by atoms with Crippen LogP contribution in [0.15, 0.2) is 41.6 Å². The molecule has 5 heteroatoms. The molecule has 0 radical (unpaired) electrons. The third-order valence-electron chi connectivity index (χ3n) is 2.57. The van der Waals surface area contributed by atoms with Crippen LogP contribution < -0.4 is 11.5 Å². The van der Waals surface area contributed by atoms with E-state index in [0.717, 1.165) is 5.39 Å². The maximum Gasteiger partial charge on any atom is 0.249 e. The minimum atomic E-state index is -0.507. The third-order valence-corrected chi connectivity index (χ3v) is 2.57. The molecule has 0 aliphatic rings. The molecule has 0 aliphatic heterocycles. The van der Waals surface area contributed by atoms with Crippen LogP contribution in [0.2, 0.25) is 0 Å². The Morgan fingerprint density at radius 2 is 1.53 bits per heavy atom. The van der Waals surface area contributed by atoms with Crippen LogP contribution in [0.1, 0.15) is 15.9 Å². The molecule has 0 unspecified atom stereocenters. The van der Waals surface area contributed by atoms with Crippen molar-refractivity contribution in [3.05, 3.63) is 47.5 Å². The van der Waals surface area contributed by atoms with Crippen molar-refractivity contribution < 1.29 is 10.0 Å². The van der Waals surface area contributed by atoms with Crippen molar-refractivity contribution in [2.75, 3.05) is 0 Å². The van der Waals surface area contributed by atoms with E-state index < -0.39 is 5.91 Å². The van der Waals surface area contributed by atoms with Crippen LogP contribution in [0, 0.1) is 0 Å². The average molecular weight is 229 g/mol. The van der Waals surface area contributed by atoms with E-state index in [0.29, 0.717) is 16.5 Å². The molecule has 17 heavy (non-hydrogen) atoms. The van der Waals surface area contributed by atoms with Gasteiger partial charge in [-0.1, -0.05) is 29.4 Å². The summed E-state index contributed by atoms with van der Waals surface area (Å²) in [5.41, 5.74) is 11.8. The molecule has 2 aromatic rings. The Labute approximate surface area is 97.3 Å². The molecule has 2 aromatic carbocycles. The number of primary amides is 1. The second-order valence-corrected chi connectivity index (χ2v) is 3.56. The van der Waals surface area contributed by atoms with Crippen molar-refractivity contribution in [3.8, 4) is 0 Å². The van der Waals surface area contributed by atoms with Crippen molar-refractivity contribution in [1.29, 1.82) is 0 Å². The SMILES string of the molecule is NC(=O)c1ccc(/C(N)=N\O)c2ccccc12. The first-order valence-corrected chi connectivity index (χ1v) is 4.94. The fourth-order valence-electron chi connectivity index (χ4n) is 1.79. The fraction of sp³-hybridized carbons (Fsp3) is 0. The Kier molecular flexibility index (Phi) is 2.66. The number of oxime groups is 1. The maximum absolute atomic E-state index is 11.3. The van der Waals surface area contributed by atoms with E-state index in [1.807, 2.05) is 0 Å². The standard InChI is InChI=1S/C12H11N3O2/c13-11(15-17)9-5-6-10(12(14)16)8-4-2-1-3-7(8)9/h1-6,17H,(H2,13,15)(H2,14,16). The lowest BCUT2D eigenvalue weighted by atomic mass is 9.99. The number of nitrogens with two attached hydrogens (primary N) is 2. The number of carbonyl (C=O) groups is 1. The predicted molar refractivity (Wildman–Crippen MR) is 65.0 cm³/mol. The highest BCUT2D eigenvalue weighted by Crippen LogP contribution is 2.22. The molecule has 0 aromatic heterocycles. The Bertz CT molecular complexity index is 620. The molecular formula is C12H11N3O2. The molecule has 0 atom stereocenters. The molecule has 1 amide bonds. The van der Waals surface area contributed by atoms with Gasteiger partial charge in [-0.3, -0.25) is 4.79 Å². The highest BCUT2D eigenvalue weighted by Gasteiger charge is 2.11. The maximum atomic E-state index is 11.3. The van der Waals surface area contributed by atoms with Crippen molar-refractivity contribution >= 4 is 22.5 Å². The highest BCUT2D eigenvalue weighted by molar-refractivity contribution is 6.14. The summed E-state index contributed by atoms with van der Waals surface area (Å²) in [5.74, 6) is -0.510. The fourth-order valence-corrected chi connectivity index (χ4v) is 1.79. The number of nitrogens with zero attached hydrogens (tertiary/aromatic N) is 1. The van der Waals surface area contributed by atoms with Crippen LogP contribution in [0.5, 0.6) is 0 Å². The molecule has 0 aliphatic carbocycles. The number of benzene rings is 2. The minimum Gasteiger partial charge on any atom is -0.409 e. The zero-order valence-electron chi connectivity index (χ0n) is 8.92. The molecule has 0 spiro atoms. The van der Waals surface area contributed by atoms with Crippen LogP contribution >= 0.6 is 0 Å². The van der Waals surface area contributed by atoms with Crippen molar-refractivity contribution in [1.82, 2.24) is 0 Å². The first-order chi connectivity index (χ1) is 8.15.